The van der Waals surface area contributed by atoms with E-state index in [0.29, 0.717) is 54.9 Å². The number of carbonyl (C=O) groups excluding carboxylic acids is 1. The van der Waals surface area contributed by atoms with Crippen LogP contribution in [-0.4, -0.2) is 78.9 Å². The zero-order valence-corrected chi connectivity index (χ0v) is 22.8. The van der Waals surface area contributed by atoms with Gasteiger partial charge in [-0.25, -0.2) is 18.4 Å². The Morgan fingerprint density at radius 1 is 1.23 bits per heavy atom. The first-order valence-corrected chi connectivity index (χ1v) is 14.5. The van der Waals surface area contributed by atoms with Crippen molar-refractivity contribution in [1.82, 2.24) is 25.2 Å². The number of sulfonamides is 1. The standard InChI is InChI=1S/C24H28F2N6O5S2/c1-3-37-20-14-27-12-18(29-20)19-13-28-23(38-19)22(33)30-21(15(2)32-7-9-36-10-8-32)16-5-4-6-17(11-16)31-39(34,35)24(25)26/h4-6,11-15,21,24,31H,3,7-10H2,1-2H3,(H,30,33)/t15-,21+/m0/s1. The second-order valence-electron chi connectivity index (χ2n) is 8.58. The number of carbonyl (C=O) groups is 1. The van der Waals surface area contributed by atoms with Gasteiger partial charge >= 0.3 is 5.76 Å². The van der Waals surface area contributed by atoms with Crippen molar-refractivity contribution in [2.24, 2.45) is 0 Å². The van der Waals surface area contributed by atoms with Crippen LogP contribution in [0.2, 0.25) is 0 Å². The van der Waals surface area contributed by atoms with Crippen molar-refractivity contribution >= 4 is 33.0 Å². The molecular weight excluding hydrogens is 554 g/mol. The number of halogens is 2. The van der Waals surface area contributed by atoms with Crippen LogP contribution in [0.5, 0.6) is 5.88 Å². The molecule has 0 aliphatic carbocycles. The molecule has 0 unspecified atom stereocenters. The predicted octanol–water partition coefficient (Wildman–Crippen LogP) is 3.15. The zero-order valence-electron chi connectivity index (χ0n) is 21.2. The molecule has 4 rings (SSSR count). The lowest BCUT2D eigenvalue weighted by Gasteiger charge is -2.37. The average molecular weight is 583 g/mol. The van der Waals surface area contributed by atoms with Gasteiger partial charge in [0.05, 0.1) is 43.1 Å². The molecule has 210 valence electrons. The Bertz CT molecular complexity index is 1380. The summed E-state index contributed by atoms with van der Waals surface area (Å²) in [5.41, 5.74) is 1.00. The maximum absolute atomic E-state index is 13.4. The number of morpholine rings is 1. The van der Waals surface area contributed by atoms with Gasteiger partial charge in [0.25, 0.3) is 15.9 Å². The maximum Gasteiger partial charge on any atom is 0.355 e. The highest BCUT2D eigenvalue weighted by atomic mass is 32.2. The van der Waals surface area contributed by atoms with Gasteiger partial charge in [-0.15, -0.1) is 11.3 Å². The van der Waals surface area contributed by atoms with E-state index in [9.17, 15) is 22.0 Å². The van der Waals surface area contributed by atoms with Crippen LogP contribution in [0.1, 0.15) is 35.3 Å². The van der Waals surface area contributed by atoms with Crippen LogP contribution in [0.25, 0.3) is 10.6 Å². The van der Waals surface area contributed by atoms with E-state index in [0.717, 1.165) is 11.3 Å². The second kappa shape index (κ2) is 12.7. The molecule has 0 spiro atoms. The summed E-state index contributed by atoms with van der Waals surface area (Å²) in [6, 6.07) is 5.17. The van der Waals surface area contributed by atoms with Crippen LogP contribution < -0.4 is 14.8 Å². The Morgan fingerprint density at radius 3 is 2.72 bits per heavy atom. The number of thiazole rings is 1. The first-order chi connectivity index (χ1) is 18.7. The summed E-state index contributed by atoms with van der Waals surface area (Å²) in [6.45, 7) is 6.49. The monoisotopic (exact) mass is 582 g/mol. The Labute approximate surface area is 228 Å². The average Bonchev–Trinajstić information content (AvgIpc) is 3.43. The fourth-order valence-electron chi connectivity index (χ4n) is 4.07. The van der Waals surface area contributed by atoms with E-state index in [1.807, 2.05) is 18.6 Å². The van der Waals surface area contributed by atoms with E-state index in [1.165, 1.54) is 30.6 Å². The third-order valence-electron chi connectivity index (χ3n) is 5.99. The third kappa shape index (κ3) is 7.23. The molecule has 3 heterocycles. The molecule has 1 amide bonds. The van der Waals surface area contributed by atoms with E-state index >= 15 is 0 Å². The van der Waals surface area contributed by atoms with E-state index in [1.54, 1.807) is 12.3 Å². The van der Waals surface area contributed by atoms with Gasteiger partial charge in [0.2, 0.25) is 5.88 Å². The number of anilines is 1. The van der Waals surface area contributed by atoms with Crippen LogP contribution in [0.15, 0.2) is 42.9 Å². The summed E-state index contributed by atoms with van der Waals surface area (Å²) in [5, 5.41) is 3.18. The normalized spacial score (nSPS) is 16.0. The topological polar surface area (TPSA) is 136 Å². The SMILES string of the molecule is CCOc1cncc(-c2cnc(C(=O)N[C@@H](c3cccc(NS(=O)(=O)C(F)F)c3)[C@H](C)N3CCOCC3)s2)n1. The minimum atomic E-state index is -4.86. The lowest BCUT2D eigenvalue weighted by molar-refractivity contribution is 0.0121. The molecule has 2 N–H and O–H groups in total. The fourth-order valence-corrected chi connectivity index (χ4v) is 5.39. The predicted molar refractivity (Wildman–Crippen MR) is 141 cm³/mol. The van der Waals surface area contributed by atoms with Crippen molar-refractivity contribution in [3.63, 3.8) is 0 Å². The third-order valence-corrected chi connectivity index (χ3v) is 8.00. The number of alkyl halides is 2. The minimum Gasteiger partial charge on any atom is -0.477 e. The van der Waals surface area contributed by atoms with Crippen LogP contribution in [-0.2, 0) is 14.8 Å². The summed E-state index contributed by atoms with van der Waals surface area (Å²) in [5.74, 6) is -3.68. The molecule has 1 aliphatic rings. The van der Waals surface area contributed by atoms with Gasteiger partial charge in [0, 0.05) is 31.0 Å². The largest absolute Gasteiger partial charge is 0.477 e. The number of rotatable bonds is 11. The van der Waals surface area contributed by atoms with Gasteiger partial charge in [-0.1, -0.05) is 12.1 Å². The molecule has 39 heavy (non-hydrogen) atoms. The Morgan fingerprint density at radius 2 is 2.00 bits per heavy atom. The van der Waals surface area contributed by atoms with Gasteiger partial charge in [-0.2, -0.15) is 8.78 Å². The Kier molecular flexibility index (Phi) is 9.37. The van der Waals surface area contributed by atoms with Gasteiger partial charge < -0.3 is 14.8 Å². The number of amides is 1. The van der Waals surface area contributed by atoms with Crippen LogP contribution in [0, 0.1) is 0 Å². The molecule has 0 radical (unpaired) electrons. The highest BCUT2D eigenvalue weighted by Crippen LogP contribution is 2.28. The van der Waals surface area contributed by atoms with E-state index < -0.39 is 27.7 Å². The molecule has 15 heteroatoms. The summed E-state index contributed by atoms with van der Waals surface area (Å²) in [6.07, 6.45) is 4.57. The number of benzene rings is 1. The van der Waals surface area contributed by atoms with Crippen molar-refractivity contribution in [2.75, 3.05) is 37.6 Å². The molecule has 2 atom stereocenters. The number of ether oxygens (including phenoxy) is 2. The molecular formula is C24H28F2N6O5S2. The van der Waals surface area contributed by atoms with Gasteiger partial charge in [-0.05, 0) is 31.5 Å². The number of nitrogens with one attached hydrogen (secondary N) is 2. The Hall–Kier alpha value is -3.27. The fraction of sp³-hybridized carbons (Fsp3) is 0.417. The van der Waals surface area contributed by atoms with Crippen molar-refractivity contribution in [3.05, 3.63) is 53.4 Å². The molecule has 0 bridgehead atoms. The molecule has 3 aromatic rings. The van der Waals surface area contributed by atoms with Crippen LogP contribution in [0.3, 0.4) is 0 Å². The first-order valence-electron chi connectivity index (χ1n) is 12.1. The molecule has 1 fully saturated rings. The minimum absolute atomic E-state index is 0.0366. The molecule has 1 saturated heterocycles. The Balaban J connectivity index is 1.59. The van der Waals surface area contributed by atoms with Crippen LogP contribution in [0.4, 0.5) is 14.5 Å². The highest BCUT2D eigenvalue weighted by Gasteiger charge is 2.30. The summed E-state index contributed by atoms with van der Waals surface area (Å²) >= 11 is 1.13. The van der Waals surface area contributed by atoms with Crippen molar-refractivity contribution < 1.29 is 31.5 Å². The molecule has 11 nitrogen and oxygen atoms in total. The van der Waals surface area contributed by atoms with E-state index in [4.69, 9.17) is 9.47 Å². The number of aromatic nitrogens is 3. The number of hydrogen-bond acceptors (Lipinski definition) is 10. The molecule has 1 aromatic carbocycles. The van der Waals surface area contributed by atoms with Gasteiger partial charge in [0.1, 0.15) is 5.69 Å². The summed E-state index contributed by atoms with van der Waals surface area (Å²) < 4.78 is 62.0. The second-order valence-corrected chi connectivity index (χ2v) is 11.3. The quantitative estimate of drug-likeness (QED) is 0.349. The number of nitrogens with zero attached hydrogens (tertiary/aromatic N) is 4. The zero-order chi connectivity index (χ0) is 28.0. The summed E-state index contributed by atoms with van der Waals surface area (Å²) in [4.78, 5) is 28.9. The molecule has 2 aromatic heterocycles. The summed E-state index contributed by atoms with van der Waals surface area (Å²) in [7, 11) is -4.86. The lowest BCUT2D eigenvalue weighted by Crippen LogP contribution is -2.49. The van der Waals surface area contributed by atoms with E-state index in [2.05, 4.69) is 25.2 Å². The van der Waals surface area contributed by atoms with Crippen molar-refractivity contribution in [3.8, 4) is 16.5 Å². The highest BCUT2D eigenvalue weighted by molar-refractivity contribution is 7.93. The first kappa shape index (κ1) is 28.7. The van der Waals surface area contributed by atoms with Crippen LogP contribution >= 0.6 is 11.3 Å². The number of hydrogen-bond donors (Lipinski definition) is 2. The van der Waals surface area contributed by atoms with Gasteiger partial charge in [-0.3, -0.25) is 19.4 Å². The van der Waals surface area contributed by atoms with Crippen molar-refractivity contribution in [1.29, 1.82) is 0 Å². The van der Waals surface area contributed by atoms with E-state index in [-0.39, 0.29) is 16.7 Å². The smallest absolute Gasteiger partial charge is 0.355 e. The van der Waals surface area contributed by atoms with Crippen molar-refractivity contribution in [2.45, 2.75) is 31.7 Å². The lowest BCUT2D eigenvalue weighted by atomic mass is 9.98. The molecule has 0 saturated carbocycles. The van der Waals surface area contributed by atoms with Gasteiger partial charge in [0.15, 0.2) is 5.01 Å². The maximum atomic E-state index is 13.4. The molecule has 1 aliphatic heterocycles.